The molecule has 1 spiro atoms. The summed E-state index contributed by atoms with van der Waals surface area (Å²) in [6, 6.07) is 1.73. The van der Waals surface area contributed by atoms with Crippen molar-refractivity contribution in [2.75, 3.05) is 38.7 Å². The molecule has 0 saturated carbocycles. The smallest absolute Gasteiger partial charge is 0.271 e. The minimum absolute atomic E-state index is 0.0558. The van der Waals surface area contributed by atoms with Gasteiger partial charge in [-0.15, -0.1) is 11.8 Å². The Bertz CT molecular complexity index is 539. The average molecular weight is 337 g/mol. The molecule has 3 aliphatic rings. The molecule has 7 heteroatoms. The number of hydrogen-bond donors (Lipinski definition) is 1. The van der Waals surface area contributed by atoms with Crippen molar-refractivity contribution < 1.29 is 14.3 Å². The third kappa shape index (κ3) is 3.27. The number of H-pyrrole nitrogens is 1. The van der Waals surface area contributed by atoms with Gasteiger partial charge in [0.2, 0.25) is 0 Å². The van der Waals surface area contributed by atoms with Crippen LogP contribution in [0.5, 0.6) is 0 Å². The highest BCUT2D eigenvalue weighted by atomic mass is 32.2. The minimum atomic E-state index is 0.0558. The van der Waals surface area contributed by atoms with Crippen LogP contribution < -0.4 is 0 Å². The molecule has 0 bridgehead atoms. The van der Waals surface area contributed by atoms with Gasteiger partial charge in [0, 0.05) is 44.9 Å². The standard InChI is InChI=1S/C16H23N3O3S/c20-15(14-1-4-17-18-14)19-10-16(11-19)7-13(9-23-16)22-8-12-2-5-21-6-3-12/h1,4,12-13H,2-3,5-11H2,(H,17,18). The van der Waals surface area contributed by atoms with Gasteiger partial charge in [-0.05, 0) is 31.2 Å². The number of thioether (sulfide) groups is 1. The Kier molecular flexibility index (Phi) is 4.34. The molecule has 1 N–H and O–H groups in total. The number of carbonyl (C=O) groups excluding carboxylic acids is 1. The molecule has 4 rings (SSSR count). The Morgan fingerprint density at radius 1 is 1.48 bits per heavy atom. The second-order valence-corrected chi connectivity index (χ2v) is 8.33. The maximum atomic E-state index is 12.2. The van der Waals surface area contributed by atoms with E-state index in [-0.39, 0.29) is 10.7 Å². The van der Waals surface area contributed by atoms with Gasteiger partial charge in [0.25, 0.3) is 5.91 Å². The summed E-state index contributed by atoms with van der Waals surface area (Å²) in [5, 5.41) is 6.59. The molecule has 1 amide bonds. The van der Waals surface area contributed by atoms with E-state index in [9.17, 15) is 4.79 Å². The first-order chi connectivity index (χ1) is 11.2. The van der Waals surface area contributed by atoms with Crippen molar-refractivity contribution in [3.63, 3.8) is 0 Å². The molecule has 1 aromatic rings. The van der Waals surface area contributed by atoms with Gasteiger partial charge in [-0.2, -0.15) is 5.10 Å². The first kappa shape index (κ1) is 15.5. The average Bonchev–Trinajstić information content (AvgIpc) is 3.22. The number of amides is 1. The number of aromatic amines is 1. The predicted molar refractivity (Wildman–Crippen MR) is 87.6 cm³/mol. The fraction of sp³-hybridized carbons (Fsp3) is 0.750. The predicted octanol–water partition coefficient (Wildman–Crippen LogP) is 1.55. The van der Waals surface area contributed by atoms with Crippen molar-refractivity contribution in [1.29, 1.82) is 0 Å². The van der Waals surface area contributed by atoms with Crippen LogP contribution in [0, 0.1) is 5.92 Å². The van der Waals surface area contributed by atoms with Crippen LogP contribution in [0.2, 0.25) is 0 Å². The molecule has 3 aliphatic heterocycles. The van der Waals surface area contributed by atoms with E-state index in [1.165, 1.54) is 0 Å². The Balaban J connectivity index is 1.23. The van der Waals surface area contributed by atoms with Gasteiger partial charge < -0.3 is 14.4 Å². The van der Waals surface area contributed by atoms with Crippen LogP contribution >= 0.6 is 11.8 Å². The molecule has 1 unspecified atom stereocenters. The summed E-state index contributed by atoms with van der Waals surface area (Å²) in [6.07, 6.45) is 5.27. The van der Waals surface area contributed by atoms with Crippen LogP contribution in [0.3, 0.4) is 0 Å². The monoisotopic (exact) mass is 337 g/mol. The summed E-state index contributed by atoms with van der Waals surface area (Å²) >= 11 is 1.98. The van der Waals surface area contributed by atoms with Gasteiger partial charge in [-0.3, -0.25) is 9.89 Å². The van der Waals surface area contributed by atoms with E-state index in [1.807, 2.05) is 16.7 Å². The fourth-order valence-electron chi connectivity index (χ4n) is 3.65. The first-order valence-corrected chi connectivity index (χ1v) is 9.35. The summed E-state index contributed by atoms with van der Waals surface area (Å²) in [4.78, 5) is 14.1. The highest BCUT2D eigenvalue weighted by Crippen LogP contribution is 2.46. The maximum Gasteiger partial charge on any atom is 0.271 e. The van der Waals surface area contributed by atoms with Crippen molar-refractivity contribution >= 4 is 17.7 Å². The number of nitrogens with zero attached hydrogens (tertiary/aromatic N) is 2. The second kappa shape index (κ2) is 6.45. The molecule has 4 heterocycles. The lowest BCUT2D eigenvalue weighted by atomic mass is 9.92. The number of nitrogens with one attached hydrogen (secondary N) is 1. The van der Waals surface area contributed by atoms with Crippen LogP contribution in [0.15, 0.2) is 12.3 Å². The lowest BCUT2D eigenvalue weighted by Crippen LogP contribution is -2.60. The Labute approximate surface area is 140 Å². The van der Waals surface area contributed by atoms with E-state index >= 15 is 0 Å². The number of carbonyl (C=O) groups is 1. The molecule has 0 aromatic carbocycles. The molecule has 1 atom stereocenters. The van der Waals surface area contributed by atoms with E-state index in [1.54, 1.807) is 12.3 Å². The molecule has 1 aromatic heterocycles. The van der Waals surface area contributed by atoms with Crippen LogP contribution in [0.1, 0.15) is 29.8 Å². The zero-order valence-corrected chi connectivity index (χ0v) is 14.0. The van der Waals surface area contributed by atoms with E-state index in [0.717, 1.165) is 57.9 Å². The Morgan fingerprint density at radius 3 is 3.04 bits per heavy atom. The highest BCUT2D eigenvalue weighted by molar-refractivity contribution is 8.01. The number of ether oxygens (including phenoxy) is 2. The summed E-state index contributed by atoms with van der Waals surface area (Å²) in [5.74, 6) is 1.76. The molecule has 3 saturated heterocycles. The van der Waals surface area contributed by atoms with E-state index < -0.39 is 0 Å². The summed E-state index contributed by atoms with van der Waals surface area (Å²) < 4.78 is 11.8. The molecular formula is C16H23N3O3S. The molecule has 0 aliphatic carbocycles. The molecular weight excluding hydrogens is 314 g/mol. The third-order valence-corrected chi connectivity index (χ3v) is 6.64. The lowest BCUT2D eigenvalue weighted by molar-refractivity contribution is -0.0119. The molecule has 126 valence electrons. The van der Waals surface area contributed by atoms with Crippen molar-refractivity contribution in [2.45, 2.75) is 30.1 Å². The number of rotatable bonds is 4. The van der Waals surface area contributed by atoms with Gasteiger partial charge in [-0.25, -0.2) is 0 Å². The van der Waals surface area contributed by atoms with E-state index in [2.05, 4.69) is 10.2 Å². The van der Waals surface area contributed by atoms with Crippen LogP contribution in [0.25, 0.3) is 0 Å². The van der Waals surface area contributed by atoms with Gasteiger partial charge in [0.15, 0.2) is 0 Å². The number of likely N-dealkylation sites (tertiary alicyclic amines) is 1. The van der Waals surface area contributed by atoms with Crippen LogP contribution in [-0.4, -0.2) is 70.5 Å². The van der Waals surface area contributed by atoms with Gasteiger partial charge in [-0.1, -0.05) is 0 Å². The molecule has 0 radical (unpaired) electrons. The maximum absolute atomic E-state index is 12.2. The van der Waals surface area contributed by atoms with Crippen LogP contribution in [-0.2, 0) is 9.47 Å². The Morgan fingerprint density at radius 2 is 2.30 bits per heavy atom. The van der Waals surface area contributed by atoms with Gasteiger partial charge >= 0.3 is 0 Å². The minimum Gasteiger partial charge on any atom is -0.381 e. The van der Waals surface area contributed by atoms with Crippen molar-refractivity contribution in [3.05, 3.63) is 18.0 Å². The first-order valence-electron chi connectivity index (χ1n) is 8.36. The van der Waals surface area contributed by atoms with Gasteiger partial charge in [0.05, 0.1) is 10.9 Å². The molecule has 3 fully saturated rings. The second-order valence-electron chi connectivity index (χ2n) is 6.84. The largest absolute Gasteiger partial charge is 0.381 e. The summed E-state index contributed by atoms with van der Waals surface area (Å²) in [7, 11) is 0. The summed E-state index contributed by atoms with van der Waals surface area (Å²) in [5.41, 5.74) is 0.579. The zero-order valence-electron chi connectivity index (χ0n) is 13.2. The number of hydrogen-bond acceptors (Lipinski definition) is 5. The van der Waals surface area contributed by atoms with Crippen molar-refractivity contribution in [2.24, 2.45) is 5.92 Å². The van der Waals surface area contributed by atoms with Crippen molar-refractivity contribution in [1.82, 2.24) is 15.1 Å². The Hall–Kier alpha value is -1.05. The highest BCUT2D eigenvalue weighted by Gasteiger charge is 2.51. The lowest BCUT2D eigenvalue weighted by Gasteiger charge is -2.47. The van der Waals surface area contributed by atoms with Crippen molar-refractivity contribution in [3.8, 4) is 0 Å². The summed E-state index contributed by atoms with van der Waals surface area (Å²) in [6.45, 7) is 4.27. The quantitative estimate of drug-likeness (QED) is 0.903. The fourth-order valence-corrected chi connectivity index (χ4v) is 5.20. The van der Waals surface area contributed by atoms with E-state index in [4.69, 9.17) is 9.47 Å². The third-order valence-electron chi connectivity index (χ3n) is 5.06. The molecule has 23 heavy (non-hydrogen) atoms. The SMILES string of the molecule is O=C(c1ccn[nH]1)N1CC2(CC(OCC3CCOCC3)CS2)C1. The normalized spacial score (nSPS) is 27.3. The number of aromatic nitrogens is 2. The van der Waals surface area contributed by atoms with E-state index in [0.29, 0.717) is 17.7 Å². The van der Waals surface area contributed by atoms with Crippen LogP contribution in [0.4, 0.5) is 0 Å². The topological polar surface area (TPSA) is 67.5 Å². The zero-order chi connectivity index (χ0) is 15.7. The van der Waals surface area contributed by atoms with Gasteiger partial charge in [0.1, 0.15) is 5.69 Å². The molecule has 6 nitrogen and oxygen atoms in total.